The molecule has 0 saturated carbocycles. The average molecular weight is 382 g/mol. The Bertz CT molecular complexity index is 731. The van der Waals surface area contributed by atoms with Crippen molar-refractivity contribution in [1.82, 2.24) is 10.2 Å². The van der Waals surface area contributed by atoms with E-state index in [1.807, 2.05) is 0 Å². The van der Waals surface area contributed by atoms with Crippen LogP contribution in [-0.2, 0) is 6.42 Å². The minimum Gasteiger partial charge on any atom is -0.493 e. The van der Waals surface area contributed by atoms with Crippen molar-refractivity contribution in [2.45, 2.75) is 10.8 Å². The van der Waals surface area contributed by atoms with E-state index in [9.17, 15) is 4.39 Å². The first kappa shape index (κ1) is 17.2. The Kier molecular flexibility index (Phi) is 6.45. The van der Waals surface area contributed by atoms with Gasteiger partial charge in [-0.15, -0.1) is 21.5 Å². The topological polar surface area (TPSA) is 47.0 Å². The van der Waals surface area contributed by atoms with Gasteiger partial charge in [-0.05, 0) is 42.1 Å². The minimum absolute atomic E-state index is 0.260. The number of benzene rings is 1. The summed E-state index contributed by atoms with van der Waals surface area (Å²) >= 11 is 4.91. The lowest BCUT2D eigenvalue weighted by Gasteiger charge is -2.04. The van der Waals surface area contributed by atoms with Crippen molar-refractivity contribution in [3.8, 4) is 5.75 Å². The van der Waals surface area contributed by atoms with Crippen LogP contribution in [0.4, 0.5) is 9.52 Å². The number of anilines is 1. The third-order valence-corrected chi connectivity index (χ3v) is 5.94. The van der Waals surface area contributed by atoms with Gasteiger partial charge in [0.2, 0.25) is 5.13 Å². The monoisotopic (exact) mass is 381 g/mol. The Morgan fingerprint density at radius 3 is 2.83 bits per heavy atom. The van der Waals surface area contributed by atoms with Gasteiger partial charge in [0.15, 0.2) is 4.34 Å². The van der Waals surface area contributed by atoms with E-state index in [1.165, 1.54) is 17.0 Å². The molecule has 0 saturated heterocycles. The van der Waals surface area contributed by atoms with Crippen LogP contribution in [-0.4, -0.2) is 29.1 Å². The molecule has 0 aliphatic rings. The second-order valence-corrected chi connectivity index (χ2v) is 8.13. The SMILES string of the molecule is Fc1ccc(OCCSc2nnc(NCCc3cccs3)s2)cc1. The summed E-state index contributed by atoms with van der Waals surface area (Å²) in [4.78, 5) is 1.36. The number of ether oxygens (including phenoxy) is 1. The molecule has 0 atom stereocenters. The van der Waals surface area contributed by atoms with Gasteiger partial charge in [0.1, 0.15) is 11.6 Å². The molecular weight excluding hydrogens is 365 g/mol. The summed E-state index contributed by atoms with van der Waals surface area (Å²) in [6.07, 6.45) is 0.991. The van der Waals surface area contributed by atoms with Gasteiger partial charge in [0, 0.05) is 17.2 Å². The third-order valence-electron chi connectivity index (χ3n) is 3.03. The molecule has 3 aromatic rings. The minimum atomic E-state index is -0.260. The van der Waals surface area contributed by atoms with E-state index < -0.39 is 0 Å². The predicted octanol–water partition coefficient (Wildman–Crippen LogP) is 4.56. The van der Waals surface area contributed by atoms with E-state index in [0.717, 1.165) is 28.2 Å². The van der Waals surface area contributed by atoms with Crippen molar-refractivity contribution in [2.24, 2.45) is 0 Å². The summed E-state index contributed by atoms with van der Waals surface area (Å²) in [6, 6.07) is 10.2. The molecule has 0 amide bonds. The van der Waals surface area contributed by atoms with Gasteiger partial charge in [-0.2, -0.15) is 0 Å². The van der Waals surface area contributed by atoms with Crippen LogP contribution in [0.2, 0.25) is 0 Å². The van der Waals surface area contributed by atoms with Gasteiger partial charge in [0.25, 0.3) is 0 Å². The van der Waals surface area contributed by atoms with Gasteiger partial charge in [0.05, 0.1) is 6.61 Å². The average Bonchev–Trinajstić information content (AvgIpc) is 3.25. The second-order valence-electron chi connectivity index (χ2n) is 4.78. The third kappa shape index (κ3) is 5.47. The van der Waals surface area contributed by atoms with Crippen LogP contribution in [0.1, 0.15) is 4.88 Å². The second kappa shape index (κ2) is 9.00. The standard InChI is InChI=1S/C16H16FN3OS3/c17-12-3-5-13(6-4-12)21-9-11-23-16-20-19-15(24-16)18-8-7-14-2-1-10-22-14/h1-6,10H,7-9,11H2,(H,18,19). The van der Waals surface area contributed by atoms with E-state index in [2.05, 4.69) is 33.0 Å². The number of nitrogens with one attached hydrogen (secondary N) is 1. The van der Waals surface area contributed by atoms with Crippen LogP contribution in [0.5, 0.6) is 5.75 Å². The molecule has 0 aliphatic carbocycles. The van der Waals surface area contributed by atoms with Crippen molar-refractivity contribution in [1.29, 1.82) is 0 Å². The fourth-order valence-electron chi connectivity index (χ4n) is 1.91. The first-order valence-electron chi connectivity index (χ1n) is 7.40. The molecule has 4 nitrogen and oxygen atoms in total. The van der Waals surface area contributed by atoms with Crippen molar-refractivity contribution < 1.29 is 9.13 Å². The van der Waals surface area contributed by atoms with Gasteiger partial charge in [-0.25, -0.2) is 4.39 Å². The highest BCUT2D eigenvalue weighted by Gasteiger charge is 2.05. The summed E-state index contributed by atoms with van der Waals surface area (Å²) in [7, 11) is 0. The first-order valence-corrected chi connectivity index (χ1v) is 10.1. The summed E-state index contributed by atoms with van der Waals surface area (Å²) < 4.78 is 19.3. The molecule has 0 fully saturated rings. The molecule has 126 valence electrons. The molecule has 1 aromatic carbocycles. The van der Waals surface area contributed by atoms with Crippen molar-refractivity contribution in [2.75, 3.05) is 24.2 Å². The number of aromatic nitrogens is 2. The Morgan fingerprint density at radius 2 is 2.04 bits per heavy atom. The number of nitrogens with zero attached hydrogens (tertiary/aromatic N) is 2. The Balaban J connectivity index is 1.34. The van der Waals surface area contributed by atoms with Crippen LogP contribution in [0.25, 0.3) is 0 Å². The van der Waals surface area contributed by atoms with E-state index in [-0.39, 0.29) is 5.82 Å². The largest absolute Gasteiger partial charge is 0.493 e. The van der Waals surface area contributed by atoms with E-state index >= 15 is 0 Å². The Morgan fingerprint density at radius 1 is 1.17 bits per heavy atom. The van der Waals surface area contributed by atoms with Crippen LogP contribution < -0.4 is 10.1 Å². The zero-order valence-corrected chi connectivity index (χ0v) is 15.2. The number of hydrogen-bond acceptors (Lipinski definition) is 7. The van der Waals surface area contributed by atoms with Crippen molar-refractivity contribution in [3.05, 3.63) is 52.5 Å². The summed E-state index contributed by atoms with van der Waals surface area (Å²) in [6.45, 7) is 1.39. The maximum Gasteiger partial charge on any atom is 0.206 e. The highest BCUT2D eigenvalue weighted by atomic mass is 32.2. The summed E-state index contributed by atoms with van der Waals surface area (Å²) in [5, 5.41) is 14.5. The first-order chi connectivity index (χ1) is 11.8. The van der Waals surface area contributed by atoms with Crippen LogP contribution in [0.15, 0.2) is 46.1 Å². The van der Waals surface area contributed by atoms with Gasteiger partial charge in [-0.1, -0.05) is 29.2 Å². The molecule has 2 aromatic heterocycles. The fourth-order valence-corrected chi connectivity index (χ4v) is 4.28. The number of thiophene rings is 1. The number of rotatable bonds is 9. The number of hydrogen-bond donors (Lipinski definition) is 1. The molecule has 1 N–H and O–H groups in total. The lowest BCUT2D eigenvalue weighted by atomic mass is 10.3. The van der Waals surface area contributed by atoms with Crippen LogP contribution >= 0.6 is 34.4 Å². The highest BCUT2D eigenvalue weighted by molar-refractivity contribution is 8.01. The fraction of sp³-hybridized carbons (Fsp3) is 0.250. The van der Waals surface area contributed by atoms with Crippen LogP contribution in [0.3, 0.4) is 0 Å². The summed E-state index contributed by atoms with van der Waals surface area (Å²) in [5.41, 5.74) is 0. The molecule has 24 heavy (non-hydrogen) atoms. The number of thioether (sulfide) groups is 1. The Labute approximate surface area is 152 Å². The highest BCUT2D eigenvalue weighted by Crippen LogP contribution is 2.25. The zero-order chi connectivity index (χ0) is 16.6. The van der Waals surface area contributed by atoms with Crippen molar-refractivity contribution in [3.63, 3.8) is 0 Å². The zero-order valence-electron chi connectivity index (χ0n) is 12.8. The van der Waals surface area contributed by atoms with Gasteiger partial charge >= 0.3 is 0 Å². The van der Waals surface area contributed by atoms with E-state index in [4.69, 9.17) is 4.74 Å². The van der Waals surface area contributed by atoms with E-state index in [0.29, 0.717) is 12.4 Å². The van der Waals surface area contributed by atoms with Crippen molar-refractivity contribution >= 4 is 39.6 Å². The molecule has 8 heteroatoms. The number of halogens is 1. The Hall–Kier alpha value is -1.64. The normalized spacial score (nSPS) is 10.7. The molecule has 0 bridgehead atoms. The quantitative estimate of drug-likeness (QED) is 0.435. The maximum absolute atomic E-state index is 12.8. The van der Waals surface area contributed by atoms with Crippen LogP contribution in [0, 0.1) is 5.82 Å². The molecule has 2 heterocycles. The van der Waals surface area contributed by atoms with E-state index in [1.54, 1.807) is 46.6 Å². The molecule has 0 radical (unpaired) electrons. The molecule has 0 unspecified atom stereocenters. The lowest BCUT2D eigenvalue weighted by Crippen LogP contribution is -2.03. The van der Waals surface area contributed by atoms with Gasteiger partial charge < -0.3 is 10.1 Å². The molecule has 0 aliphatic heterocycles. The smallest absolute Gasteiger partial charge is 0.206 e. The summed E-state index contributed by atoms with van der Waals surface area (Å²) in [5.74, 6) is 1.18. The molecule has 0 spiro atoms. The molecule has 3 rings (SSSR count). The van der Waals surface area contributed by atoms with Gasteiger partial charge in [-0.3, -0.25) is 0 Å². The molecular formula is C16H16FN3OS3. The predicted molar refractivity (Wildman–Crippen MR) is 99.0 cm³/mol. The lowest BCUT2D eigenvalue weighted by molar-refractivity contribution is 0.343. The maximum atomic E-state index is 12.8.